The molecular formula is C19H22N6O. The lowest BCUT2D eigenvalue weighted by molar-refractivity contribution is 0.239. The minimum absolute atomic E-state index is 0.265. The molecule has 0 radical (unpaired) electrons. The topological polar surface area (TPSA) is 79.8 Å². The van der Waals surface area contributed by atoms with Gasteiger partial charge in [-0.05, 0) is 50.6 Å². The van der Waals surface area contributed by atoms with E-state index in [4.69, 9.17) is 4.74 Å². The lowest BCUT2D eigenvalue weighted by Gasteiger charge is -2.21. The lowest BCUT2D eigenvalue weighted by Crippen LogP contribution is -2.23. The number of hydrogen-bond acceptors (Lipinski definition) is 6. The number of nitrogens with zero attached hydrogens (tertiary/aromatic N) is 5. The molecule has 2 aromatic heterocycles. The standard InChI is InChI=1S/C19H22N6O/c1-13-22-19(24-23-13)17-4-3-9-25(17)12-14-10-20-18(21-11-14)15-5-7-16(26-2)8-6-15/h5-8,10-11,17H,3-4,9,12H2,1-2H3,(H,22,23,24)/t17-/m1/s1. The Kier molecular flexibility index (Phi) is 4.62. The summed E-state index contributed by atoms with van der Waals surface area (Å²) in [4.78, 5) is 16.0. The van der Waals surface area contributed by atoms with Crippen LogP contribution in [0.1, 0.15) is 36.1 Å². The second-order valence-electron chi connectivity index (χ2n) is 6.55. The maximum atomic E-state index is 5.19. The van der Waals surface area contributed by atoms with Crippen LogP contribution < -0.4 is 4.74 Å². The largest absolute Gasteiger partial charge is 0.497 e. The molecule has 1 N–H and O–H groups in total. The SMILES string of the molecule is COc1ccc(-c2ncc(CN3CCC[C@@H]3c3n[nH]c(C)n3)cn2)cc1. The van der Waals surface area contributed by atoms with Gasteiger partial charge in [-0.3, -0.25) is 10.00 Å². The third-order valence-electron chi connectivity index (χ3n) is 4.72. The summed E-state index contributed by atoms with van der Waals surface area (Å²) in [6, 6.07) is 8.04. The molecule has 4 rings (SSSR count). The number of benzene rings is 1. The molecule has 1 fully saturated rings. The van der Waals surface area contributed by atoms with E-state index < -0.39 is 0 Å². The Morgan fingerprint density at radius 1 is 1.19 bits per heavy atom. The summed E-state index contributed by atoms with van der Waals surface area (Å²) in [6.45, 7) is 3.78. The third-order valence-corrected chi connectivity index (χ3v) is 4.72. The van der Waals surface area contributed by atoms with E-state index in [0.29, 0.717) is 0 Å². The number of aryl methyl sites for hydroxylation is 1. The van der Waals surface area contributed by atoms with Gasteiger partial charge in [0.2, 0.25) is 0 Å². The highest BCUT2D eigenvalue weighted by atomic mass is 16.5. The van der Waals surface area contributed by atoms with Crippen molar-refractivity contribution < 1.29 is 4.74 Å². The third kappa shape index (κ3) is 3.43. The lowest BCUT2D eigenvalue weighted by atomic mass is 10.2. The van der Waals surface area contributed by atoms with E-state index in [1.807, 2.05) is 43.6 Å². The molecule has 0 amide bonds. The van der Waals surface area contributed by atoms with E-state index in [1.165, 1.54) is 0 Å². The first-order valence-corrected chi connectivity index (χ1v) is 8.81. The Labute approximate surface area is 152 Å². The van der Waals surface area contributed by atoms with Gasteiger partial charge in [0.25, 0.3) is 0 Å². The van der Waals surface area contributed by atoms with Crippen molar-refractivity contribution in [1.82, 2.24) is 30.0 Å². The fraction of sp³-hybridized carbons (Fsp3) is 0.368. The molecule has 0 spiro atoms. The van der Waals surface area contributed by atoms with Gasteiger partial charge in [-0.25, -0.2) is 15.0 Å². The van der Waals surface area contributed by atoms with Crippen molar-refractivity contribution in [3.8, 4) is 17.1 Å². The van der Waals surface area contributed by atoms with Crippen LogP contribution in [0.3, 0.4) is 0 Å². The van der Waals surface area contributed by atoms with Gasteiger partial charge < -0.3 is 4.74 Å². The predicted molar refractivity (Wildman–Crippen MR) is 97.5 cm³/mol. The van der Waals surface area contributed by atoms with E-state index in [2.05, 4.69) is 30.0 Å². The highest BCUT2D eigenvalue weighted by Crippen LogP contribution is 2.31. The van der Waals surface area contributed by atoms with Gasteiger partial charge in [0, 0.05) is 30.1 Å². The van der Waals surface area contributed by atoms with Gasteiger partial charge in [0.05, 0.1) is 13.2 Å². The molecule has 1 aliphatic heterocycles. The van der Waals surface area contributed by atoms with Gasteiger partial charge in [-0.1, -0.05) is 0 Å². The molecule has 1 saturated heterocycles. The molecule has 0 aliphatic carbocycles. The van der Waals surface area contributed by atoms with Gasteiger partial charge in [0.1, 0.15) is 11.6 Å². The Bertz CT molecular complexity index is 858. The van der Waals surface area contributed by atoms with E-state index in [1.54, 1.807) is 7.11 Å². The van der Waals surface area contributed by atoms with Gasteiger partial charge in [-0.15, -0.1) is 0 Å². The fourth-order valence-corrected chi connectivity index (χ4v) is 3.38. The van der Waals surface area contributed by atoms with E-state index in [0.717, 1.165) is 60.3 Å². The van der Waals surface area contributed by atoms with Crippen LogP contribution >= 0.6 is 0 Å². The first-order valence-electron chi connectivity index (χ1n) is 8.81. The van der Waals surface area contributed by atoms with Crippen LogP contribution in [0.4, 0.5) is 0 Å². The van der Waals surface area contributed by atoms with Crippen molar-refractivity contribution >= 4 is 0 Å². The molecule has 26 heavy (non-hydrogen) atoms. The van der Waals surface area contributed by atoms with E-state index in [9.17, 15) is 0 Å². The Balaban J connectivity index is 1.46. The minimum Gasteiger partial charge on any atom is -0.497 e. The summed E-state index contributed by atoms with van der Waals surface area (Å²) in [7, 11) is 1.66. The van der Waals surface area contributed by atoms with Crippen molar-refractivity contribution in [2.75, 3.05) is 13.7 Å². The molecule has 7 heteroatoms. The average Bonchev–Trinajstić information content (AvgIpc) is 3.31. The van der Waals surface area contributed by atoms with E-state index >= 15 is 0 Å². The summed E-state index contributed by atoms with van der Waals surface area (Å²) in [6.07, 6.45) is 6.06. The van der Waals surface area contributed by atoms with Crippen molar-refractivity contribution in [1.29, 1.82) is 0 Å². The quantitative estimate of drug-likeness (QED) is 0.762. The second-order valence-corrected chi connectivity index (χ2v) is 6.55. The second kappa shape index (κ2) is 7.21. The van der Waals surface area contributed by atoms with Crippen LogP contribution in [0.2, 0.25) is 0 Å². The van der Waals surface area contributed by atoms with Crippen LogP contribution in [0, 0.1) is 6.92 Å². The zero-order chi connectivity index (χ0) is 17.9. The summed E-state index contributed by atoms with van der Waals surface area (Å²) >= 11 is 0. The first kappa shape index (κ1) is 16.7. The highest BCUT2D eigenvalue weighted by Gasteiger charge is 2.29. The van der Waals surface area contributed by atoms with Crippen molar-refractivity contribution in [3.05, 3.63) is 53.9 Å². The molecule has 3 aromatic rings. The molecule has 3 heterocycles. The number of likely N-dealkylation sites (tertiary alicyclic amines) is 1. The Morgan fingerprint density at radius 3 is 2.62 bits per heavy atom. The normalized spacial score (nSPS) is 17.5. The number of rotatable bonds is 5. The molecule has 0 unspecified atom stereocenters. The molecule has 1 atom stereocenters. The fourth-order valence-electron chi connectivity index (χ4n) is 3.38. The predicted octanol–water partition coefficient (Wildman–Crippen LogP) is 2.92. The number of ether oxygens (including phenoxy) is 1. The number of H-pyrrole nitrogens is 1. The highest BCUT2D eigenvalue weighted by molar-refractivity contribution is 5.55. The maximum Gasteiger partial charge on any atom is 0.167 e. The molecule has 0 saturated carbocycles. The zero-order valence-corrected chi connectivity index (χ0v) is 15.0. The summed E-state index contributed by atoms with van der Waals surface area (Å²) in [5.41, 5.74) is 2.08. The number of aromatic nitrogens is 5. The van der Waals surface area contributed by atoms with Crippen molar-refractivity contribution in [2.24, 2.45) is 0 Å². The molecular weight excluding hydrogens is 328 g/mol. The van der Waals surface area contributed by atoms with Crippen LogP contribution in [0.25, 0.3) is 11.4 Å². The van der Waals surface area contributed by atoms with E-state index in [-0.39, 0.29) is 6.04 Å². The van der Waals surface area contributed by atoms with Crippen LogP contribution in [-0.2, 0) is 6.54 Å². The van der Waals surface area contributed by atoms with Crippen LogP contribution in [0.15, 0.2) is 36.7 Å². The molecule has 1 aromatic carbocycles. The molecule has 0 bridgehead atoms. The maximum absolute atomic E-state index is 5.19. The monoisotopic (exact) mass is 350 g/mol. The average molecular weight is 350 g/mol. The molecule has 134 valence electrons. The van der Waals surface area contributed by atoms with Gasteiger partial charge in [0.15, 0.2) is 11.6 Å². The number of methoxy groups -OCH3 is 1. The number of aromatic amines is 1. The van der Waals surface area contributed by atoms with Gasteiger partial charge >= 0.3 is 0 Å². The summed E-state index contributed by atoms with van der Waals surface area (Å²) < 4.78 is 5.19. The van der Waals surface area contributed by atoms with Crippen molar-refractivity contribution in [2.45, 2.75) is 32.4 Å². The number of nitrogens with one attached hydrogen (secondary N) is 1. The van der Waals surface area contributed by atoms with Crippen LogP contribution in [-0.4, -0.2) is 43.7 Å². The molecule has 7 nitrogen and oxygen atoms in total. The van der Waals surface area contributed by atoms with Crippen molar-refractivity contribution in [3.63, 3.8) is 0 Å². The summed E-state index contributed by atoms with van der Waals surface area (Å²) in [5, 5.41) is 7.28. The Hall–Kier alpha value is -2.80. The molecule has 1 aliphatic rings. The zero-order valence-electron chi connectivity index (χ0n) is 15.0. The summed E-state index contributed by atoms with van der Waals surface area (Å²) in [5.74, 6) is 3.29. The Morgan fingerprint density at radius 2 is 1.96 bits per heavy atom. The van der Waals surface area contributed by atoms with Gasteiger partial charge in [-0.2, -0.15) is 5.10 Å². The minimum atomic E-state index is 0.265. The number of hydrogen-bond donors (Lipinski definition) is 1. The first-order chi connectivity index (χ1) is 12.7. The van der Waals surface area contributed by atoms with Crippen LogP contribution in [0.5, 0.6) is 5.75 Å². The smallest absolute Gasteiger partial charge is 0.167 e.